The molecule has 0 spiro atoms. The fourth-order valence-corrected chi connectivity index (χ4v) is 4.13. The highest BCUT2D eigenvalue weighted by atomic mass is 16.5. The van der Waals surface area contributed by atoms with Crippen LogP contribution in [0.5, 0.6) is 5.75 Å². The number of carbonyl (C=O) groups excluding carboxylic acids is 1. The second kappa shape index (κ2) is 7.35. The molecule has 1 aromatic rings. The van der Waals surface area contributed by atoms with Crippen molar-refractivity contribution in [1.82, 2.24) is 4.90 Å². The topological polar surface area (TPSA) is 34.0 Å². The fourth-order valence-electron chi connectivity index (χ4n) is 4.13. The lowest BCUT2D eigenvalue weighted by atomic mass is 9.86. The van der Waals surface area contributed by atoms with Gasteiger partial charge in [0.1, 0.15) is 5.75 Å². The third kappa shape index (κ3) is 3.86. The number of nitrogens with one attached hydrogen (secondary N) is 1. The number of piperazine rings is 1. The first-order valence-electron chi connectivity index (χ1n) is 8.95. The number of nitrogens with zero attached hydrogens (tertiary/aromatic N) is 1. The molecule has 2 fully saturated rings. The van der Waals surface area contributed by atoms with Crippen molar-refractivity contribution in [2.75, 3.05) is 33.3 Å². The number of hydrogen-bond acceptors (Lipinski definition) is 2. The molecule has 4 nitrogen and oxygen atoms in total. The average Bonchev–Trinajstić information content (AvgIpc) is 2.61. The molecule has 3 rings (SSSR count). The van der Waals surface area contributed by atoms with Crippen LogP contribution in [0.1, 0.15) is 43.0 Å². The Balaban J connectivity index is 1.54. The van der Waals surface area contributed by atoms with Crippen molar-refractivity contribution in [2.45, 2.75) is 38.6 Å². The van der Waals surface area contributed by atoms with E-state index in [1.165, 1.54) is 25.7 Å². The Morgan fingerprint density at radius 2 is 1.87 bits per heavy atom. The van der Waals surface area contributed by atoms with E-state index in [-0.39, 0.29) is 5.91 Å². The third-order valence-corrected chi connectivity index (χ3v) is 5.54. The van der Waals surface area contributed by atoms with Crippen LogP contribution in [0.2, 0.25) is 0 Å². The largest absolute Gasteiger partial charge is 0.497 e. The molecule has 0 radical (unpaired) electrons. The van der Waals surface area contributed by atoms with E-state index >= 15 is 0 Å². The maximum Gasteiger partial charge on any atom is 0.254 e. The second-order valence-corrected chi connectivity index (χ2v) is 7.15. The van der Waals surface area contributed by atoms with Gasteiger partial charge in [0.25, 0.3) is 5.91 Å². The van der Waals surface area contributed by atoms with Crippen LogP contribution in [-0.2, 0) is 0 Å². The minimum absolute atomic E-state index is 0.156. The van der Waals surface area contributed by atoms with E-state index in [1.807, 2.05) is 29.2 Å². The number of quaternary nitrogens is 1. The highest BCUT2D eigenvalue weighted by Crippen LogP contribution is 2.22. The number of methoxy groups -OCH3 is 1. The number of carbonyl (C=O) groups is 1. The average molecular weight is 317 g/mol. The van der Waals surface area contributed by atoms with Crippen LogP contribution in [0.25, 0.3) is 0 Å². The summed E-state index contributed by atoms with van der Waals surface area (Å²) in [4.78, 5) is 16.3. The summed E-state index contributed by atoms with van der Waals surface area (Å²) in [5.41, 5.74) is 0.764. The van der Waals surface area contributed by atoms with Gasteiger partial charge in [0.05, 0.1) is 39.3 Å². The molecular weight excluding hydrogens is 288 g/mol. The molecule has 2 aliphatic rings. The van der Waals surface area contributed by atoms with Gasteiger partial charge in [-0.3, -0.25) is 4.79 Å². The van der Waals surface area contributed by atoms with Gasteiger partial charge >= 0.3 is 0 Å². The summed E-state index contributed by atoms with van der Waals surface area (Å²) >= 11 is 0. The van der Waals surface area contributed by atoms with Crippen LogP contribution in [0.15, 0.2) is 24.3 Å². The molecule has 1 aliphatic heterocycles. The Hall–Kier alpha value is -1.55. The molecule has 4 heteroatoms. The van der Waals surface area contributed by atoms with E-state index in [0.29, 0.717) is 0 Å². The molecule has 1 amide bonds. The van der Waals surface area contributed by atoms with Crippen LogP contribution < -0.4 is 9.64 Å². The zero-order valence-corrected chi connectivity index (χ0v) is 14.4. The minimum Gasteiger partial charge on any atom is -0.497 e. The van der Waals surface area contributed by atoms with Crippen molar-refractivity contribution in [3.05, 3.63) is 29.8 Å². The lowest BCUT2D eigenvalue weighted by Crippen LogP contribution is -3.18. The number of rotatable bonds is 3. The Kier molecular flexibility index (Phi) is 5.21. The van der Waals surface area contributed by atoms with E-state index < -0.39 is 0 Å². The van der Waals surface area contributed by atoms with E-state index in [9.17, 15) is 4.79 Å². The number of benzene rings is 1. The highest BCUT2D eigenvalue weighted by Gasteiger charge is 2.32. The summed E-state index contributed by atoms with van der Waals surface area (Å²) in [7, 11) is 1.64. The summed E-state index contributed by atoms with van der Waals surface area (Å²) in [6, 6.07) is 8.26. The predicted octanol–water partition coefficient (Wildman–Crippen LogP) is 1.61. The Morgan fingerprint density at radius 1 is 1.17 bits per heavy atom. The normalized spacial score (nSPS) is 26.1. The van der Waals surface area contributed by atoms with Gasteiger partial charge < -0.3 is 14.5 Å². The SMILES string of the molecule is COc1ccc(C(=O)N2CC[NH+]([C@H]3CCC[C@H](C)C3)CC2)cc1. The first-order chi connectivity index (χ1) is 11.2. The van der Waals surface area contributed by atoms with E-state index in [4.69, 9.17) is 4.74 Å². The van der Waals surface area contributed by atoms with Crippen LogP contribution in [0.4, 0.5) is 0 Å². The Morgan fingerprint density at radius 3 is 2.48 bits per heavy atom. The molecule has 1 N–H and O–H groups in total. The molecular formula is C19H29N2O2+. The number of hydrogen-bond donors (Lipinski definition) is 1. The van der Waals surface area contributed by atoms with Gasteiger partial charge in [0.2, 0.25) is 0 Å². The summed E-state index contributed by atoms with van der Waals surface area (Å²) in [5.74, 6) is 1.83. The van der Waals surface area contributed by atoms with Gasteiger partial charge in [-0.2, -0.15) is 0 Å². The summed E-state index contributed by atoms with van der Waals surface area (Å²) in [6.45, 7) is 6.34. The first-order valence-corrected chi connectivity index (χ1v) is 8.95. The van der Waals surface area contributed by atoms with Crippen molar-refractivity contribution in [1.29, 1.82) is 0 Å². The standard InChI is InChI=1S/C19H28N2O2/c1-15-4-3-5-17(14-15)20-10-12-21(13-11-20)19(22)16-6-8-18(23-2)9-7-16/h6-9,15,17H,3-5,10-14H2,1-2H3/p+1/t15-,17-/m0/s1. The first kappa shape index (κ1) is 16.3. The van der Waals surface area contributed by atoms with Gasteiger partial charge in [-0.1, -0.05) is 13.3 Å². The van der Waals surface area contributed by atoms with Gasteiger partial charge in [0.15, 0.2) is 0 Å². The molecule has 126 valence electrons. The van der Waals surface area contributed by atoms with Gasteiger partial charge in [-0.05, 0) is 43.0 Å². The molecule has 1 saturated heterocycles. The highest BCUT2D eigenvalue weighted by molar-refractivity contribution is 5.94. The summed E-state index contributed by atoms with van der Waals surface area (Å²) < 4.78 is 5.16. The number of amides is 1. The fraction of sp³-hybridized carbons (Fsp3) is 0.632. The molecule has 0 aromatic heterocycles. The molecule has 0 bridgehead atoms. The van der Waals surface area contributed by atoms with Gasteiger partial charge in [-0.25, -0.2) is 0 Å². The lowest BCUT2D eigenvalue weighted by Gasteiger charge is -2.39. The molecule has 1 aromatic carbocycles. The quantitative estimate of drug-likeness (QED) is 0.919. The van der Waals surface area contributed by atoms with Crippen LogP contribution in [0, 0.1) is 5.92 Å². The summed E-state index contributed by atoms with van der Waals surface area (Å²) in [5, 5.41) is 0. The molecule has 2 atom stereocenters. The molecule has 1 saturated carbocycles. The van der Waals surface area contributed by atoms with Crippen molar-refractivity contribution < 1.29 is 14.4 Å². The molecule has 1 heterocycles. The minimum atomic E-state index is 0.156. The van der Waals surface area contributed by atoms with Crippen molar-refractivity contribution in [3.63, 3.8) is 0 Å². The predicted molar refractivity (Wildman–Crippen MR) is 91.0 cm³/mol. The van der Waals surface area contributed by atoms with Crippen LogP contribution in [0.3, 0.4) is 0 Å². The zero-order valence-electron chi connectivity index (χ0n) is 14.4. The summed E-state index contributed by atoms with van der Waals surface area (Å²) in [6.07, 6.45) is 5.50. The smallest absolute Gasteiger partial charge is 0.254 e. The Bertz CT molecular complexity index is 521. The Labute approximate surface area is 139 Å². The molecule has 1 aliphatic carbocycles. The lowest BCUT2D eigenvalue weighted by molar-refractivity contribution is -0.930. The zero-order chi connectivity index (χ0) is 16.2. The van der Waals surface area contributed by atoms with Crippen molar-refractivity contribution >= 4 is 5.91 Å². The molecule has 23 heavy (non-hydrogen) atoms. The van der Waals surface area contributed by atoms with Crippen molar-refractivity contribution in [2.24, 2.45) is 5.92 Å². The van der Waals surface area contributed by atoms with E-state index in [1.54, 1.807) is 12.0 Å². The monoisotopic (exact) mass is 317 g/mol. The maximum atomic E-state index is 12.6. The maximum absolute atomic E-state index is 12.6. The third-order valence-electron chi connectivity index (χ3n) is 5.54. The van der Waals surface area contributed by atoms with Gasteiger partial charge in [0, 0.05) is 12.0 Å². The van der Waals surface area contributed by atoms with E-state index in [2.05, 4.69) is 6.92 Å². The number of ether oxygens (including phenoxy) is 1. The molecule has 0 unspecified atom stereocenters. The van der Waals surface area contributed by atoms with Crippen molar-refractivity contribution in [3.8, 4) is 5.75 Å². The van der Waals surface area contributed by atoms with Crippen LogP contribution >= 0.6 is 0 Å². The second-order valence-electron chi connectivity index (χ2n) is 7.15. The van der Waals surface area contributed by atoms with Gasteiger partial charge in [-0.15, -0.1) is 0 Å². The van der Waals surface area contributed by atoms with E-state index in [0.717, 1.165) is 49.5 Å². The van der Waals surface area contributed by atoms with Crippen LogP contribution in [-0.4, -0.2) is 50.1 Å².